The molecular formula is C13H16N2O5. The molecule has 1 fully saturated rings. The van der Waals surface area contributed by atoms with Crippen LogP contribution in [-0.2, 0) is 9.57 Å². The van der Waals surface area contributed by atoms with Gasteiger partial charge >= 0.3 is 0 Å². The minimum Gasteiger partial charge on any atom is -0.350 e. The molecule has 1 atom stereocenters. The highest BCUT2D eigenvalue weighted by Crippen LogP contribution is 2.21. The van der Waals surface area contributed by atoms with Gasteiger partial charge in [0.05, 0.1) is 10.5 Å². The van der Waals surface area contributed by atoms with Gasteiger partial charge in [0.15, 0.2) is 6.29 Å². The molecule has 0 bridgehead atoms. The smallest absolute Gasteiger partial charge is 0.275 e. The fourth-order valence-electron chi connectivity index (χ4n) is 2.05. The molecule has 1 aliphatic rings. The molecule has 1 N–H and O–H groups in total. The maximum Gasteiger partial charge on any atom is 0.275 e. The van der Waals surface area contributed by atoms with Crippen LogP contribution in [0.5, 0.6) is 0 Å². The van der Waals surface area contributed by atoms with E-state index in [0.717, 1.165) is 12.8 Å². The highest BCUT2D eigenvalue weighted by Gasteiger charge is 2.20. The highest BCUT2D eigenvalue weighted by molar-refractivity contribution is 5.95. The summed E-state index contributed by atoms with van der Waals surface area (Å²) in [6, 6.07) is 4.34. The number of nitro groups is 1. The van der Waals surface area contributed by atoms with Crippen molar-refractivity contribution in [1.82, 2.24) is 5.48 Å². The first-order valence-corrected chi connectivity index (χ1v) is 6.41. The molecule has 1 amide bonds. The standard InChI is InChI=1S/C13H16N2O5/c1-9-10(5-4-6-11(9)15(17)18)13(16)14-20-12-7-2-3-8-19-12/h4-6,12H,2-3,7-8H2,1H3,(H,14,16)/t12-/m1/s1. The van der Waals surface area contributed by atoms with Crippen LogP contribution >= 0.6 is 0 Å². The second-order valence-electron chi connectivity index (χ2n) is 4.55. The van der Waals surface area contributed by atoms with Crippen molar-refractivity contribution in [3.05, 3.63) is 39.4 Å². The highest BCUT2D eigenvalue weighted by atomic mass is 16.8. The Kier molecular flexibility index (Phi) is 4.65. The van der Waals surface area contributed by atoms with E-state index in [1.165, 1.54) is 25.1 Å². The zero-order valence-corrected chi connectivity index (χ0v) is 11.1. The van der Waals surface area contributed by atoms with Gasteiger partial charge in [-0.05, 0) is 25.8 Å². The molecule has 108 valence electrons. The molecule has 1 aromatic carbocycles. The van der Waals surface area contributed by atoms with E-state index in [0.29, 0.717) is 18.6 Å². The predicted molar refractivity (Wildman–Crippen MR) is 70.0 cm³/mol. The Labute approximate surface area is 116 Å². The van der Waals surface area contributed by atoms with Gasteiger partial charge in [-0.25, -0.2) is 10.3 Å². The number of amides is 1. The number of benzene rings is 1. The van der Waals surface area contributed by atoms with Crippen molar-refractivity contribution >= 4 is 11.6 Å². The van der Waals surface area contributed by atoms with Crippen molar-refractivity contribution < 1.29 is 19.3 Å². The molecule has 0 radical (unpaired) electrons. The third-order valence-electron chi connectivity index (χ3n) is 3.17. The average Bonchev–Trinajstić information content (AvgIpc) is 2.46. The van der Waals surface area contributed by atoms with Gasteiger partial charge in [-0.1, -0.05) is 6.07 Å². The van der Waals surface area contributed by atoms with Gasteiger partial charge in [0, 0.05) is 24.7 Å². The van der Waals surface area contributed by atoms with E-state index in [9.17, 15) is 14.9 Å². The van der Waals surface area contributed by atoms with Crippen LogP contribution in [0.15, 0.2) is 18.2 Å². The first-order chi connectivity index (χ1) is 9.59. The van der Waals surface area contributed by atoms with Crippen molar-refractivity contribution in [3.63, 3.8) is 0 Å². The van der Waals surface area contributed by atoms with Crippen LogP contribution in [0, 0.1) is 17.0 Å². The Morgan fingerprint density at radius 1 is 1.50 bits per heavy atom. The molecule has 1 heterocycles. The zero-order chi connectivity index (χ0) is 14.5. The number of ether oxygens (including phenoxy) is 1. The summed E-state index contributed by atoms with van der Waals surface area (Å²) in [5.41, 5.74) is 2.72. The summed E-state index contributed by atoms with van der Waals surface area (Å²) < 4.78 is 5.31. The second-order valence-corrected chi connectivity index (χ2v) is 4.55. The van der Waals surface area contributed by atoms with Gasteiger partial charge in [-0.15, -0.1) is 0 Å². The molecule has 1 aliphatic heterocycles. The molecule has 1 saturated heterocycles. The molecule has 1 aromatic rings. The topological polar surface area (TPSA) is 90.7 Å². The van der Waals surface area contributed by atoms with Crippen LogP contribution in [0.1, 0.15) is 35.2 Å². The number of nitrogens with one attached hydrogen (secondary N) is 1. The van der Waals surface area contributed by atoms with Crippen molar-refractivity contribution in [2.45, 2.75) is 32.5 Å². The van der Waals surface area contributed by atoms with Crippen LogP contribution in [0.3, 0.4) is 0 Å². The van der Waals surface area contributed by atoms with E-state index in [1.54, 1.807) is 0 Å². The van der Waals surface area contributed by atoms with E-state index >= 15 is 0 Å². The summed E-state index contributed by atoms with van der Waals surface area (Å²) >= 11 is 0. The normalized spacial score (nSPS) is 18.6. The van der Waals surface area contributed by atoms with Gasteiger partial charge < -0.3 is 4.74 Å². The van der Waals surface area contributed by atoms with Crippen LogP contribution < -0.4 is 5.48 Å². The molecule has 0 saturated carbocycles. The van der Waals surface area contributed by atoms with E-state index in [4.69, 9.17) is 9.57 Å². The van der Waals surface area contributed by atoms with Gasteiger partial charge in [-0.2, -0.15) is 0 Å². The number of nitrogens with zero attached hydrogens (tertiary/aromatic N) is 1. The van der Waals surface area contributed by atoms with E-state index in [1.807, 2.05) is 0 Å². The summed E-state index contributed by atoms with van der Waals surface area (Å²) in [4.78, 5) is 27.4. The number of hydrogen-bond acceptors (Lipinski definition) is 5. The van der Waals surface area contributed by atoms with Crippen LogP contribution in [-0.4, -0.2) is 23.7 Å². The fraction of sp³-hybridized carbons (Fsp3) is 0.462. The minimum atomic E-state index is -0.517. The molecule has 2 rings (SSSR count). The van der Waals surface area contributed by atoms with Gasteiger partial charge in [0.2, 0.25) is 0 Å². The first-order valence-electron chi connectivity index (χ1n) is 6.41. The van der Waals surface area contributed by atoms with E-state index in [-0.39, 0.29) is 11.3 Å². The summed E-state index contributed by atoms with van der Waals surface area (Å²) in [6.07, 6.45) is 2.23. The van der Waals surface area contributed by atoms with Gasteiger partial charge in [0.25, 0.3) is 11.6 Å². The van der Waals surface area contributed by atoms with Crippen molar-refractivity contribution in [3.8, 4) is 0 Å². The molecule has 20 heavy (non-hydrogen) atoms. The van der Waals surface area contributed by atoms with Crippen molar-refractivity contribution in [2.24, 2.45) is 0 Å². The Morgan fingerprint density at radius 3 is 2.95 bits per heavy atom. The number of carbonyl (C=O) groups excluding carboxylic acids is 1. The van der Waals surface area contributed by atoms with E-state index in [2.05, 4.69) is 5.48 Å². The van der Waals surface area contributed by atoms with Crippen LogP contribution in [0.2, 0.25) is 0 Å². The summed E-state index contributed by atoms with van der Waals surface area (Å²) in [7, 11) is 0. The van der Waals surface area contributed by atoms with Gasteiger partial charge in [-0.3, -0.25) is 14.9 Å². The van der Waals surface area contributed by atoms with Crippen LogP contribution in [0.25, 0.3) is 0 Å². The molecular weight excluding hydrogens is 264 g/mol. The molecule has 0 aromatic heterocycles. The molecule has 0 spiro atoms. The number of carbonyl (C=O) groups is 1. The monoisotopic (exact) mass is 280 g/mol. The maximum atomic E-state index is 12.0. The molecule has 7 heteroatoms. The van der Waals surface area contributed by atoms with E-state index < -0.39 is 17.1 Å². The largest absolute Gasteiger partial charge is 0.350 e. The van der Waals surface area contributed by atoms with Crippen LogP contribution in [0.4, 0.5) is 5.69 Å². The molecule has 0 unspecified atom stereocenters. The lowest BCUT2D eigenvalue weighted by atomic mass is 10.1. The quantitative estimate of drug-likeness (QED) is 0.673. The maximum absolute atomic E-state index is 12.0. The summed E-state index contributed by atoms with van der Waals surface area (Å²) in [5, 5.41) is 10.8. The average molecular weight is 280 g/mol. The summed E-state index contributed by atoms with van der Waals surface area (Å²) in [6.45, 7) is 2.14. The lowest BCUT2D eigenvalue weighted by Crippen LogP contribution is -2.33. The number of rotatable bonds is 4. The van der Waals surface area contributed by atoms with Crippen molar-refractivity contribution in [2.75, 3.05) is 6.61 Å². The predicted octanol–water partition coefficient (Wildman–Crippen LogP) is 2.09. The minimum absolute atomic E-state index is 0.0911. The number of hydroxylamine groups is 1. The molecule has 0 aliphatic carbocycles. The Balaban J connectivity index is 2.01. The first kappa shape index (κ1) is 14.4. The Bertz CT molecular complexity index is 511. The number of nitro benzene ring substituents is 1. The third-order valence-corrected chi connectivity index (χ3v) is 3.17. The lowest BCUT2D eigenvalue weighted by Gasteiger charge is -2.22. The zero-order valence-electron chi connectivity index (χ0n) is 11.1. The Morgan fingerprint density at radius 2 is 2.30 bits per heavy atom. The lowest BCUT2D eigenvalue weighted by molar-refractivity contribution is -0.385. The third kappa shape index (κ3) is 3.31. The second kappa shape index (κ2) is 6.44. The SMILES string of the molecule is Cc1c(C(=O)NO[C@@H]2CCCCO2)cccc1[N+](=O)[O-]. The van der Waals surface area contributed by atoms with Gasteiger partial charge in [0.1, 0.15) is 0 Å². The number of hydrogen-bond donors (Lipinski definition) is 1. The molecule has 7 nitrogen and oxygen atoms in total. The summed E-state index contributed by atoms with van der Waals surface area (Å²) in [5.74, 6) is -0.514. The Hall–Kier alpha value is -1.99. The fourth-order valence-corrected chi connectivity index (χ4v) is 2.05. The van der Waals surface area contributed by atoms with Crippen molar-refractivity contribution in [1.29, 1.82) is 0 Å².